The first kappa shape index (κ1) is 12.5. The SMILES string of the molecule is CC1C=C2C(=CC1)CCN2C(=O)c1cc2ccccc2o1. The fourth-order valence-electron chi connectivity index (χ4n) is 3.15. The molecule has 2 aliphatic rings. The molecule has 1 saturated heterocycles. The van der Waals surface area contributed by atoms with E-state index >= 15 is 0 Å². The Kier molecular flexibility index (Phi) is 2.74. The normalized spacial score (nSPS) is 21.2. The second-order valence-electron chi connectivity index (χ2n) is 5.85. The van der Waals surface area contributed by atoms with E-state index in [4.69, 9.17) is 4.42 Å². The zero-order chi connectivity index (χ0) is 14.4. The van der Waals surface area contributed by atoms with E-state index in [0.717, 1.165) is 36.1 Å². The summed E-state index contributed by atoms with van der Waals surface area (Å²) >= 11 is 0. The Morgan fingerprint density at radius 1 is 1.33 bits per heavy atom. The average molecular weight is 279 g/mol. The quantitative estimate of drug-likeness (QED) is 0.786. The number of para-hydroxylation sites is 1. The number of fused-ring (bicyclic) bond motifs is 2. The van der Waals surface area contributed by atoms with Crippen molar-refractivity contribution in [2.75, 3.05) is 6.54 Å². The van der Waals surface area contributed by atoms with Gasteiger partial charge < -0.3 is 9.32 Å². The molecule has 1 fully saturated rings. The molecule has 4 rings (SSSR count). The summed E-state index contributed by atoms with van der Waals surface area (Å²) in [6.07, 6.45) is 6.50. The van der Waals surface area contributed by atoms with Crippen LogP contribution in [0, 0.1) is 5.92 Å². The molecule has 106 valence electrons. The van der Waals surface area contributed by atoms with E-state index < -0.39 is 0 Å². The van der Waals surface area contributed by atoms with Gasteiger partial charge in [0.1, 0.15) is 5.58 Å². The number of amides is 1. The molecule has 1 aromatic heterocycles. The molecular formula is C18H17NO2. The van der Waals surface area contributed by atoms with Crippen molar-refractivity contribution in [3.63, 3.8) is 0 Å². The summed E-state index contributed by atoms with van der Waals surface area (Å²) in [5.41, 5.74) is 3.15. The summed E-state index contributed by atoms with van der Waals surface area (Å²) in [5.74, 6) is 0.888. The van der Waals surface area contributed by atoms with Crippen LogP contribution in [0.5, 0.6) is 0 Å². The molecule has 2 aromatic rings. The van der Waals surface area contributed by atoms with Gasteiger partial charge in [0.25, 0.3) is 5.91 Å². The van der Waals surface area contributed by atoms with E-state index in [0.29, 0.717) is 11.7 Å². The van der Waals surface area contributed by atoms with Crippen LogP contribution < -0.4 is 0 Å². The lowest BCUT2D eigenvalue weighted by Gasteiger charge is -2.21. The van der Waals surface area contributed by atoms with E-state index in [1.54, 1.807) is 0 Å². The van der Waals surface area contributed by atoms with Gasteiger partial charge in [0.2, 0.25) is 0 Å². The smallest absolute Gasteiger partial charge is 0.294 e. The Balaban J connectivity index is 1.70. The monoisotopic (exact) mass is 279 g/mol. The number of hydrogen-bond donors (Lipinski definition) is 0. The van der Waals surface area contributed by atoms with Crippen LogP contribution in [-0.4, -0.2) is 17.4 Å². The number of likely N-dealkylation sites (tertiary alicyclic amines) is 1. The van der Waals surface area contributed by atoms with E-state index in [1.807, 2.05) is 35.2 Å². The summed E-state index contributed by atoms with van der Waals surface area (Å²) in [6, 6.07) is 9.57. The maximum absolute atomic E-state index is 12.7. The molecule has 1 amide bonds. The number of carbonyl (C=O) groups is 1. The first-order valence-electron chi connectivity index (χ1n) is 7.44. The Bertz CT molecular complexity index is 748. The van der Waals surface area contributed by atoms with Crippen LogP contribution >= 0.6 is 0 Å². The van der Waals surface area contributed by atoms with Gasteiger partial charge in [-0.15, -0.1) is 0 Å². The average Bonchev–Trinajstić information content (AvgIpc) is 3.09. The maximum Gasteiger partial charge on any atom is 0.294 e. The number of furan rings is 1. The van der Waals surface area contributed by atoms with E-state index in [-0.39, 0.29) is 5.91 Å². The minimum absolute atomic E-state index is 0.0325. The number of rotatable bonds is 1. The number of nitrogens with zero attached hydrogens (tertiary/aromatic N) is 1. The molecule has 21 heavy (non-hydrogen) atoms. The van der Waals surface area contributed by atoms with Gasteiger partial charge in [-0.2, -0.15) is 0 Å². The predicted octanol–water partition coefficient (Wildman–Crippen LogP) is 4.13. The first-order chi connectivity index (χ1) is 10.2. The molecule has 1 unspecified atom stereocenters. The van der Waals surface area contributed by atoms with Crippen LogP contribution in [0.1, 0.15) is 30.3 Å². The zero-order valence-corrected chi connectivity index (χ0v) is 12.0. The van der Waals surface area contributed by atoms with Gasteiger partial charge in [-0.25, -0.2) is 0 Å². The van der Waals surface area contributed by atoms with Gasteiger partial charge in [0.05, 0.1) is 0 Å². The van der Waals surface area contributed by atoms with Crippen LogP contribution in [0.3, 0.4) is 0 Å². The molecule has 1 aliphatic carbocycles. The topological polar surface area (TPSA) is 33.5 Å². The minimum Gasteiger partial charge on any atom is -0.451 e. The van der Waals surface area contributed by atoms with Crippen molar-refractivity contribution >= 4 is 16.9 Å². The van der Waals surface area contributed by atoms with Crippen LogP contribution in [0.15, 0.2) is 58.2 Å². The third kappa shape index (κ3) is 2.00. The van der Waals surface area contributed by atoms with Crippen molar-refractivity contribution in [2.45, 2.75) is 19.8 Å². The molecule has 0 N–H and O–H groups in total. The van der Waals surface area contributed by atoms with Gasteiger partial charge in [-0.05, 0) is 36.5 Å². The lowest BCUT2D eigenvalue weighted by atomic mass is 9.96. The number of hydrogen-bond acceptors (Lipinski definition) is 2. The summed E-state index contributed by atoms with van der Waals surface area (Å²) in [4.78, 5) is 14.6. The highest BCUT2D eigenvalue weighted by Crippen LogP contribution is 2.35. The highest BCUT2D eigenvalue weighted by Gasteiger charge is 2.31. The van der Waals surface area contributed by atoms with Crippen LogP contribution in [-0.2, 0) is 0 Å². The first-order valence-corrected chi connectivity index (χ1v) is 7.44. The van der Waals surface area contributed by atoms with Crippen LogP contribution in [0.4, 0.5) is 0 Å². The van der Waals surface area contributed by atoms with Crippen molar-refractivity contribution < 1.29 is 9.21 Å². The second kappa shape index (κ2) is 4.62. The van der Waals surface area contributed by atoms with Gasteiger partial charge in [-0.1, -0.05) is 37.3 Å². The van der Waals surface area contributed by atoms with Gasteiger partial charge in [-0.3, -0.25) is 4.79 Å². The molecule has 1 atom stereocenters. The standard InChI is InChI=1S/C18H17NO2/c1-12-6-7-13-8-9-19(15(13)10-12)18(20)17-11-14-4-2-3-5-16(14)21-17/h2-5,7,10-12H,6,8-9H2,1H3. The predicted molar refractivity (Wildman–Crippen MR) is 81.8 cm³/mol. The van der Waals surface area contributed by atoms with Crippen molar-refractivity contribution in [3.05, 3.63) is 59.5 Å². The molecule has 3 nitrogen and oxygen atoms in total. The van der Waals surface area contributed by atoms with Crippen molar-refractivity contribution in [1.82, 2.24) is 4.90 Å². The Morgan fingerprint density at radius 3 is 3.05 bits per heavy atom. The molecule has 0 bridgehead atoms. The molecular weight excluding hydrogens is 262 g/mol. The fourth-order valence-corrected chi connectivity index (χ4v) is 3.15. The Hall–Kier alpha value is -2.29. The van der Waals surface area contributed by atoms with Gasteiger partial charge >= 0.3 is 0 Å². The third-order valence-electron chi connectivity index (χ3n) is 4.28. The van der Waals surface area contributed by atoms with Crippen molar-refractivity contribution in [1.29, 1.82) is 0 Å². The summed E-state index contributed by atoms with van der Waals surface area (Å²) in [7, 11) is 0. The minimum atomic E-state index is -0.0325. The lowest BCUT2D eigenvalue weighted by molar-refractivity contribution is 0.0797. The molecule has 2 heterocycles. The van der Waals surface area contributed by atoms with E-state index in [9.17, 15) is 4.79 Å². The number of allylic oxidation sites excluding steroid dienone is 3. The van der Waals surface area contributed by atoms with Crippen molar-refractivity contribution in [3.8, 4) is 0 Å². The highest BCUT2D eigenvalue weighted by atomic mass is 16.3. The lowest BCUT2D eigenvalue weighted by Crippen LogP contribution is -2.27. The summed E-state index contributed by atoms with van der Waals surface area (Å²) in [5, 5.41) is 0.974. The van der Waals surface area contributed by atoms with Gasteiger partial charge in [0.15, 0.2) is 5.76 Å². The highest BCUT2D eigenvalue weighted by molar-refractivity contribution is 5.97. The number of benzene rings is 1. The Morgan fingerprint density at radius 2 is 2.19 bits per heavy atom. The third-order valence-corrected chi connectivity index (χ3v) is 4.28. The largest absolute Gasteiger partial charge is 0.451 e. The maximum atomic E-state index is 12.7. The summed E-state index contributed by atoms with van der Waals surface area (Å²) < 4.78 is 5.71. The Labute approximate surface area is 123 Å². The molecule has 0 spiro atoms. The molecule has 3 heteroatoms. The molecule has 1 aliphatic heterocycles. The molecule has 1 aromatic carbocycles. The molecule has 0 radical (unpaired) electrons. The molecule has 0 saturated carbocycles. The fraction of sp³-hybridized carbons (Fsp3) is 0.278. The van der Waals surface area contributed by atoms with Gasteiger partial charge in [0, 0.05) is 17.6 Å². The van der Waals surface area contributed by atoms with Crippen LogP contribution in [0.25, 0.3) is 11.0 Å². The summed E-state index contributed by atoms with van der Waals surface area (Å²) in [6.45, 7) is 2.93. The zero-order valence-electron chi connectivity index (χ0n) is 12.0. The van der Waals surface area contributed by atoms with Crippen LogP contribution in [0.2, 0.25) is 0 Å². The number of carbonyl (C=O) groups excluding carboxylic acids is 1. The second-order valence-corrected chi connectivity index (χ2v) is 5.85. The van der Waals surface area contributed by atoms with E-state index in [1.165, 1.54) is 5.57 Å². The van der Waals surface area contributed by atoms with E-state index in [2.05, 4.69) is 19.1 Å². The van der Waals surface area contributed by atoms with Crippen molar-refractivity contribution in [2.24, 2.45) is 5.92 Å².